The molecule has 1 atom stereocenters. The first-order chi connectivity index (χ1) is 19.2. The molecule has 0 spiro atoms. The van der Waals surface area contributed by atoms with E-state index in [1.807, 2.05) is 0 Å². The van der Waals surface area contributed by atoms with E-state index in [1.54, 1.807) is 18.2 Å². The third-order valence-electron chi connectivity index (χ3n) is 8.29. The maximum absolute atomic E-state index is 13.3. The molecule has 4 amide bonds. The van der Waals surface area contributed by atoms with Crippen LogP contribution in [0.2, 0.25) is 0 Å². The van der Waals surface area contributed by atoms with Gasteiger partial charge in [0.2, 0.25) is 11.8 Å². The monoisotopic (exact) mass is 545 g/mol. The lowest BCUT2D eigenvalue weighted by Crippen LogP contribution is -2.63. The molecule has 40 heavy (non-hydrogen) atoms. The summed E-state index contributed by atoms with van der Waals surface area (Å²) in [5, 5.41) is 5.53. The van der Waals surface area contributed by atoms with E-state index < -0.39 is 29.7 Å². The molecule has 10 heteroatoms. The summed E-state index contributed by atoms with van der Waals surface area (Å²) in [6, 6.07) is 13.1. The molecule has 3 fully saturated rings. The predicted octanol–water partition coefficient (Wildman–Crippen LogP) is 1.99. The van der Waals surface area contributed by atoms with E-state index in [9.17, 15) is 19.2 Å². The Morgan fingerprint density at radius 1 is 1.00 bits per heavy atom. The van der Waals surface area contributed by atoms with Gasteiger partial charge in [-0.2, -0.15) is 0 Å². The Balaban J connectivity index is 1.04. The molecular formula is C30H35N5O5. The minimum atomic E-state index is -0.979. The average molecular weight is 546 g/mol. The topological polar surface area (TPSA) is 111 Å². The van der Waals surface area contributed by atoms with Crippen LogP contribution in [0.25, 0.3) is 0 Å². The molecule has 210 valence electrons. The quantitative estimate of drug-likeness (QED) is 0.509. The zero-order valence-corrected chi connectivity index (χ0v) is 22.9. The summed E-state index contributed by atoms with van der Waals surface area (Å²) in [6.07, 6.45) is 0.226. The van der Waals surface area contributed by atoms with Crippen molar-refractivity contribution < 1.29 is 23.9 Å². The number of benzene rings is 2. The van der Waals surface area contributed by atoms with Crippen LogP contribution in [0.5, 0.6) is 0 Å². The van der Waals surface area contributed by atoms with Crippen molar-refractivity contribution in [1.29, 1.82) is 0 Å². The van der Waals surface area contributed by atoms with Gasteiger partial charge < -0.3 is 10.1 Å². The van der Waals surface area contributed by atoms with Gasteiger partial charge in [0.25, 0.3) is 11.8 Å². The fraction of sp³-hybridized carbons (Fsp3) is 0.467. The number of fused-ring (bicyclic) bond motifs is 1. The molecule has 2 aromatic carbocycles. The minimum absolute atomic E-state index is 0.0713. The van der Waals surface area contributed by atoms with E-state index in [2.05, 4.69) is 58.5 Å². The fourth-order valence-electron chi connectivity index (χ4n) is 6.15. The van der Waals surface area contributed by atoms with Gasteiger partial charge in [-0.3, -0.25) is 39.2 Å². The van der Waals surface area contributed by atoms with Crippen LogP contribution in [0, 0.1) is 0 Å². The largest absolute Gasteiger partial charge is 0.380 e. The second-order valence-electron chi connectivity index (χ2n) is 11.8. The van der Waals surface area contributed by atoms with Gasteiger partial charge in [-0.1, -0.05) is 30.3 Å². The molecule has 4 heterocycles. The average Bonchev–Trinajstić information content (AvgIpc) is 3.15. The van der Waals surface area contributed by atoms with Crippen LogP contribution in [-0.2, 0) is 27.4 Å². The molecule has 10 nitrogen and oxygen atoms in total. The van der Waals surface area contributed by atoms with Crippen molar-refractivity contribution in [1.82, 2.24) is 20.0 Å². The van der Waals surface area contributed by atoms with E-state index in [4.69, 9.17) is 4.74 Å². The molecule has 0 aliphatic carbocycles. The highest BCUT2D eigenvalue weighted by molar-refractivity contribution is 6.25. The molecule has 0 bridgehead atoms. The van der Waals surface area contributed by atoms with Gasteiger partial charge in [0.15, 0.2) is 0 Å². The van der Waals surface area contributed by atoms with Gasteiger partial charge >= 0.3 is 0 Å². The number of anilines is 1. The molecule has 6 rings (SSSR count). The van der Waals surface area contributed by atoms with Crippen LogP contribution in [0.1, 0.15) is 58.5 Å². The normalized spacial score (nSPS) is 23.6. The zero-order valence-electron chi connectivity index (χ0n) is 22.9. The summed E-state index contributed by atoms with van der Waals surface area (Å²) in [5.74, 6) is -2.02. The number of amides is 4. The third kappa shape index (κ3) is 5.14. The second-order valence-corrected chi connectivity index (χ2v) is 11.8. The Kier molecular flexibility index (Phi) is 6.93. The molecule has 0 radical (unpaired) electrons. The second kappa shape index (κ2) is 10.4. The highest BCUT2D eigenvalue weighted by atomic mass is 16.5. The van der Waals surface area contributed by atoms with Crippen LogP contribution in [0.4, 0.5) is 5.69 Å². The molecule has 0 saturated carbocycles. The number of hydrogen-bond donors (Lipinski definition) is 2. The van der Waals surface area contributed by atoms with Gasteiger partial charge in [-0.15, -0.1) is 0 Å². The summed E-state index contributed by atoms with van der Waals surface area (Å²) in [7, 11) is 0. The predicted molar refractivity (Wildman–Crippen MR) is 148 cm³/mol. The van der Waals surface area contributed by atoms with Crippen LogP contribution in [0.15, 0.2) is 42.5 Å². The Bertz CT molecular complexity index is 1350. The van der Waals surface area contributed by atoms with Crippen LogP contribution < -0.4 is 10.6 Å². The maximum atomic E-state index is 13.3. The first-order valence-corrected chi connectivity index (χ1v) is 14.0. The van der Waals surface area contributed by atoms with Gasteiger partial charge in [-0.05, 0) is 43.5 Å². The standard InChI is InChI=1S/C30H35N5O5/c1-30(2)18-34(12-13-40-30)21-16-33(17-21)15-20-8-6-19(7-9-20)14-31-23-5-3-4-22-26(23)29(39)35(28(22)38)24-10-11-25(36)32-27(24)37/h3-9,21,24,31H,10-18H2,1-2H3,(H,32,36,37). The molecule has 4 aliphatic heterocycles. The number of ether oxygens (including phenoxy) is 1. The number of hydrogen-bond acceptors (Lipinski definition) is 8. The van der Waals surface area contributed by atoms with Gasteiger partial charge in [0.1, 0.15) is 6.04 Å². The van der Waals surface area contributed by atoms with Crippen LogP contribution >= 0.6 is 0 Å². The summed E-state index contributed by atoms with van der Waals surface area (Å²) in [6.45, 7) is 10.6. The van der Waals surface area contributed by atoms with Crippen molar-refractivity contribution in [3.8, 4) is 0 Å². The minimum Gasteiger partial charge on any atom is -0.380 e. The lowest BCUT2D eigenvalue weighted by Gasteiger charge is -2.49. The van der Waals surface area contributed by atoms with E-state index in [-0.39, 0.29) is 29.6 Å². The highest BCUT2D eigenvalue weighted by Crippen LogP contribution is 2.32. The Hall–Kier alpha value is -3.60. The van der Waals surface area contributed by atoms with Crippen molar-refractivity contribution >= 4 is 29.3 Å². The number of morpholine rings is 1. The number of nitrogens with one attached hydrogen (secondary N) is 2. The molecule has 0 aromatic heterocycles. The number of imide groups is 2. The number of carbonyl (C=O) groups excluding carboxylic acids is 4. The first-order valence-electron chi connectivity index (χ1n) is 14.0. The van der Waals surface area contributed by atoms with Crippen molar-refractivity contribution in [3.63, 3.8) is 0 Å². The number of nitrogens with zero attached hydrogens (tertiary/aromatic N) is 3. The maximum Gasteiger partial charge on any atom is 0.264 e. The molecule has 2 aromatic rings. The first kappa shape index (κ1) is 26.6. The van der Waals surface area contributed by atoms with Crippen LogP contribution in [0.3, 0.4) is 0 Å². The summed E-state index contributed by atoms with van der Waals surface area (Å²) in [4.78, 5) is 56.2. The highest BCUT2D eigenvalue weighted by Gasteiger charge is 2.45. The van der Waals surface area contributed by atoms with Crippen LogP contribution in [-0.4, -0.2) is 88.8 Å². The Labute approximate surface area is 233 Å². The van der Waals surface area contributed by atoms with Crippen molar-refractivity contribution in [3.05, 3.63) is 64.7 Å². The molecule has 4 aliphatic rings. The summed E-state index contributed by atoms with van der Waals surface area (Å²) in [5.41, 5.74) is 3.32. The Morgan fingerprint density at radius 3 is 2.48 bits per heavy atom. The zero-order chi connectivity index (χ0) is 28.0. The van der Waals surface area contributed by atoms with E-state index in [0.717, 1.165) is 49.8 Å². The molecule has 3 saturated heterocycles. The molecule has 2 N–H and O–H groups in total. The third-order valence-corrected chi connectivity index (χ3v) is 8.29. The summed E-state index contributed by atoms with van der Waals surface area (Å²) < 4.78 is 5.85. The van der Waals surface area contributed by atoms with E-state index >= 15 is 0 Å². The van der Waals surface area contributed by atoms with Crippen molar-refractivity contribution in [2.45, 2.75) is 57.5 Å². The lowest BCUT2D eigenvalue weighted by atomic mass is 10.0. The number of carbonyl (C=O) groups is 4. The fourth-order valence-corrected chi connectivity index (χ4v) is 6.15. The van der Waals surface area contributed by atoms with Crippen molar-refractivity contribution in [2.75, 3.05) is 38.1 Å². The van der Waals surface area contributed by atoms with Gasteiger partial charge in [-0.25, -0.2) is 0 Å². The molecular weight excluding hydrogens is 510 g/mol. The van der Waals surface area contributed by atoms with Crippen molar-refractivity contribution in [2.24, 2.45) is 0 Å². The smallest absolute Gasteiger partial charge is 0.264 e. The van der Waals surface area contributed by atoms with Gasteiger partial charge in [0, 0.05) is 57.4 Å². The van der Waals surface area contributed by atoms with E-state index in [0.29, 0.717) is 18.3 Å². The molecule has 1 unspecified atom stereocenters. The van der Waals surface area contributed by atoms with Gasteiger partial charge in [0.05, 0.1) is 23.3 Å². The summed E-state index contributed by atoms with van der Waals surface area (Å²) >= 11 is 0. The Morgan fingerprint density at radius 2 is 1.75 bits per heavy atom. The number of likely N-dealkylation sites (tertiary alicyclic amines) is 1. The van der Waals surface area contributed by atoms with E-state index in [1.165, 1.54) is 5.56 Å². The SMILES string of the molecule is CC1(C)CN(C2CN(Cc3ccc(CNc4cccc5c4C(=O)N(C4CCC(=O)NC4=O)C5=O)cc3)C2)CCO1. The number of piperidine rings is 1. The lowest BCUT2D eigenvalue weighted by molar-refractivity contribution is -0.136. The number of rotatable bonds is 7.